The summed E-state index contributed by atoms with van der Waals surface area (Å²) >= 11 is 0. The molecule has 0 aromatic heterocycles. The molecule has 2 heterocycles. The number of para-hydroxylation sites is 1. The number of aryl methyl sites for hydroxylation is 1. The summed E-state index contributed by atoms with van der Waals surface area (Å²) in [5.41, 5.74) is 2.68. The molecule has 0 radical (unpaired) electrons. The number of aliphatic hydroxyl groups is 1. The molecule has 4 nitrogen and oxygen atoms in total. The van der Waals surface area contributed by atoms with Crippen LogP contribution in [0.3, 0.4) is 0 Å². The molecule has 1 aromatic carbocycles. The molecule has 3 rings (SSSR count). The summed E-state index contributed by atoms with van der Waals surface area (Å²) in [4.78, 5) is 2.40. The Hall–Kier alpha value is -1.10. The smallest absolute Gasteiger partial charge is 0.0948 e. The van der Waals surface area contributed by atoms with Crippen molar-refractivity contribution in [3.05, 3.63) is 29.8 Å². The second kappa shape index (κ2) is 8.32. The van der Waals surface area contributed by atoms with Gasteiger partial charge in [0.25, 0.3) is 0 Å². The molecule has 0 bridgehead atoms. The lowest BCUT2D eigenvalue weighted by atomic mass is 9.89. The van der Waals surface area contributed by atoms with E-state index in [2.05, 4.69) is 43.0 Å². The molecule has 1 fully saturated rings. The number of anilines is 1. The lowest BCUT2D eigenvalue weighted by Gasteiger charge is -2.42. The Morgan fingerprint density at radius 3 is 2.71 bits per heavy atom. The minimum absolute atomic E-state index is 0.239. The minimum atomic E-state index is -0.458. The standard InChI is InChI=1S/C20H31NO3/c1-15(2)19-8-7-16-5-3-4-6-20(16)21(19)13-17(22)14-24-18-9-11-23-12-10-18/h3-6,15,17-19,22H,7-14H2,1-2H3. The lowest BCUT2D eigenvalue weighted by molar-refractivity contribution is -0.0579. The first-order valence-corrected chi connectivity index (χ1v) is 9.37. The maximum Gasteiger partial charge on any atom is 0.0948 e. The van der Waals surface area contributed by atoms with Crippen LogP contribution in [0.25, 0.3) is 0 Å². The first kappa shape index (κ1) is 17.7. The highest BCUT2D eigenvalue weighted by Crippen LogP contribution is 2.33. The number of hydrogen-bond acceptors (Lipinski definition) is 4. The van der Waals surface area contributed by atoms with Crippen LogP contribution in [0.5, 0.6) is 0 Å². The van der Waals surface area contributed by atoms with E-state index in [-0.39, 0.29) is 6.10 Å². The SMILES string of the molecule is CC(C)C1CCc2ccccc2N1CC(O)COC1CCOCC1. The molecule has 2 atom stereocenters. The number of benzene rings is 1. The third kappa shape index (κ3) is 4.29. The zero-order valence-corrected chi connectivity index (χ0v) is 15.0. The van der Waals surface area contributed by atoms with Crippen molar-refractivity contribution in [3.63, 3.8) is 0 Å². The van der Waals surface area contributed by atoms with E-state index >= 15 is 0 Å². The van der Waals surface area contributed by atoms with Crippen LogP contribution in [0.2, 0.25) is 0 Å². The van der Waals surface area contributed by atoms with E-state index in [0.717, 1.165) is 38.9 Å². The van der Waals surface area contributed by atoms with Gasteiger partial charge in [0.1, 0.15) is 0 Å². The van der Waals surface area contributed by atoms with E-state index in [1.807, 2.05) is 0 Å². The fourth-order valence-corrected chi connectivity index (χ4v) is 3.94. The van der Waals surface area contributed by atoms with E-state index < -0.39 is 6.10 Å². The van der Waals surface area contributed by atoms with Crippen LogP contribution in [0.15, 0.2) is 24.3 Å². The van der Waals surface area contributed by atoms with Gasteiger partial charge in [0.15, 0.2) is 0 Å². The summed E-state index contributed by atoms with van der Waals surface area (Å²) in [5, 5.41) is 10.6. The summed E-state index contributed by atoms with van der Waals surface area (Å²) in [6.45, 7) is 7.15. The summed E-state index contributed by atoms with van der Waals surface area (Å²) < 4.78 is 11.3. The van der Waals surface area contributed by atoms with Crippen molar-refractivity contribution < 1.29 is 14.6 Å². The van der Waals surface area contributed by atoms with Crippen molar-refractivity contribution in [1.82, 2.24) is 0 Å². The number of ether oxygens (including phenoxy) is 2. The van der Waals surface area contributed by atoms with E-state index in [0.29, 0.717) is 25.1 Å². The lowest BCUT2D eigenvalue weighted by Crippen LogP contribution is -2.47. The van der Waals surface area contributed by atoms with Crippen LogP contribution < -0.4 is 4.90 Å². The van der Waals surface area contributed by atoms with Crippen LogP contribution in [-0.2, 0) is 15.9 Å². The van der Waals surface area contributed by atoms with Gasteiger partial charge in [0.05, 0.1) is 18.8 Å². The number of aliphatic hydroxyl groups excluding tert-OH is 1. The molecule has 0 spiro atoms. The number of rotatable bonds is 6. The fourth-order valence-electron chi connectivity index (χ4n) is 3.94. The predicted molar refractivity (Wildman–Crippen MR) is 96.5 cm³/mol. The van der Waals surface area contributed by atoms with Gasteiger partial charge in [-0.3, -0.25) is 0 Å². The zero-order valence-electron chi connectivity index (χ0n) is 15.0. The molecule has 1 N–H and O–H groups in total. The van der Waals surface area contributed by atoms with Crippen molar-refractivity contribution in [2.24, 2.45) is 5.92 Å². The average molecular weight is 333 g/mol. The zero-order chi connectivity index (χ0) is 16.9. The Kier molecular flexibility index (Phi) is 6.14. The third-order valence-corrected chi connectivity index (χ3v) is 5.28. The van der Waals surface area contributed by atoms with E-state index in [1.165, 1.54) is 11.3 Å². The van der Waals surface area contributed by atoms with Gasteiger partial charge in [-0.25, -0.2) is 0 Å². The normalized spacial score (nSPS) is 23.3. The Balaban J connectivity index is 1.62. The Morgan fingerprint density at radius 1 is 1.21 bits per heavy atom. The highest BCUT2D eigenvalue weighted by Gasteiger charge is 2.29. The van der Waals surface area contributed by atoms with Crippen molar-refractivity contribution >= 4 is 5.69 Å². The third-order valence-electron chi connectivity index (χ3n) is 5.28. The molecule has 2 aliphatic rings. The molecule has 0 saturated carbocycles. The quantitative estimate of drug-likeness (QED) is 0.869. The molecule has 24 heavy (non-hydrogen) atoms. The summed E-state index contributed by atoms with van der Waals surface area (Å²) in [7, 11) is 0. The molecule has 4 heteroatoms. The molecule has 134 valence electrons. The van der Waals surface area contributed by atoms with Crippen LogP contribution in [0.1, 0.15) is 38.7 Å². The van der Waals surface area contributed by atoms with Crippen molar-refractivity contribution in [2.75, 3.05) is 31.3 Å². The summed E-state index contributed by atoms with van der Waals surface area (Å²) in [6.07, 6.45) is 3.94. The maximum absolute atomic E-state index is 10.6. The summed E-state index contributed by atoms with van der Waals surface area (Å²) in [6, 6.07) is 9.09. The summed E-state index contributed by atoms with van der Waals surface area (Å²) in [5.74, 6) is 0.571. The molecule has 1 aromatic rings. The topological polar surface area (TPSA) is 41.9 Å². The molecule has 1 saturated heterocycles. The van der Waals surface area contributed by atoms with Crippen molar-refractivity contribution in [2.45, 2.75) is 57.8 Å². The van der Waals surface area contributed by atoms with Gasteiger partial charge in [0, 0.05) is 31.5 Å². The highest BCUT2D eigenvalue weighted by molar-refractivity contribution is 5.56. The predicted octanol–water partition coefficient (Wildman–Crippen LogP) is 3.02. The van der Waals surface area contributed by atoms with Gasteiger partial charge < -0.3 is 19.5 Å². The van der Waals surface area contributed by atoms with Crippen LogP contribution in [0.4, 0.5) is 5.69 Å². The van der Waals surface area contributed by atoms with Gasteiger partial charge in [-0.2, -0.15) is 0 Å². The van der Waals surface area contributed by atoms with Crippen LogP contribution in [0, 0.1) is 5.92 Å². The van der Waals surface area contributed by atoms with Gasteiger partial charge in [-0.05, 0) is 43.2 Å². The largest absolute Gasteiger partial charge is 0.389 e. The van der Waals surface area contributed by atoms with E-state index in [1.54, 1.807) is 0 Å². The number of hydrogen-bond donors (Lipinski definition) is 1. The average Bonchev–Trinajstić information content (AvgIpc) is 2.61. The minimum Gasteiger partial charge on any atom is -0.389 e. The second-order valence-electron chi connectivity index (χ2n) is 7.43. The maximum atomic E-state index is 10.6. The number of nitrogens with zero attached hydrogens (tertiary/aromatic N) is 1. The second-order valence-corrected chi connectivity index (χ2v) is 7.43. The Morgan fingerprint density at radius 2 is 1.96 bits per heavy atom. The first-order valence-electron chi connectivity index (χ1n) is 9.37. The van der Waals surface area contributed by atoms with Gasteiger partial charge in [-0.15, -0.1) is 0 Å². The van der Waals surface area contributed by atoms with E-state index in [9.17, 15) is 5.11 Å². The first-order chi connectivity index (χ1) is 11.6. The molecule has 0 aliphatic carbocycles. The number of fused-ring (bicyclic) bond motifs is 1. The fraction of sp³-hybridized carbons (Fsp3) is 0.700. The molecular formula is C20H31NO3. The number of β-amino-alcohol motifs (C(OH)–C–C–N with tert-alkyl or cyclic N) is 1. The Labute approximate surface area is 145 Å². The monoisotopic (exact) mass is 333 g/mol. The van der Waals surface area contributed by atoms with Crippen LogP contribution in [-0.4, -0.2) is 49.7 Å². The molecular weight excluding hydrogens is 302 g/mol. The highest BCUT2D eigenvalue weighted by atomic mass is 16.5. The molecule has 2 unspecified atom stereocenters. The van der Waals surface area contributed by atoms with Crippen molar-refractivity contribution in [3.8, 4) is 0 Å². The van der Waals surface area contributed by atoms with Crippen molar-refractivity contribution in [1.29, 1.82) is 0 Å². The molecule has 0 amide bonds. The van der Waals surface area contributed by atoms with E-state index in [4.69, 9.17) is 9.47 Å². The molecule has 2 aliphatic heterocycles. The van der Waals surface area contributed by atoms with Crippen LogP contribution >= 0.6 is 0 Å². The Bertz CT molecular complexity index is 513. The van der Waals surface area contributed by atoms with Gasteiger partial charge in [-0.1, -0.05) is 32.0 Å². The van der Waals surface area contributed by atoms with Gasteiger partial charge in [0.2, 0.25) is 0 Å². The van der Waals surface area contributed by atoms with Gasteiger partial charge >= 0.3 is 0 Å².